The number of hydrogen-bond donors (Lipinski definition) is 1. The Morgan fingerprint density at radius 2 is 1.96 bits per heavy atom. The van der Waals surface area contributed by atoms with Crippen LogP contribution in [0.1, 0.15) is 32.1 Å². The highest BCUT2D eigenvalue weighted by atomic mass is 16.6. The summed E-state index contributed by atoms with van der Waals surface area (Å²) in [6.07, 6.45) is 3.44. The van der Waals surface area contributed by atoms with Gasteiger partial charge in [0.15, 0.2) is 0 Å². The summed E-state index contributed by atoms with van der Waals surface area (Å²) in [5.74, 6) is 0.241. The van der Waals surface area contributed by atoms with Crippen LogP contribution in [-0.2, 0) is 4.74 Å². The van der Waals surface area contributed by atoms with E-state index in [0.717, 1.165) is 0 Å². The smallest absolute Gasteiger partial charge is 0.414 e. The predicted molar refractivity (Wildman–Crippen MR) is 81.6 cm³/mol. The van der Waals surface area contributed by atoms with Gasteiger partial charge in [-0.3, -0.25) is 5.32 Å². The van der Waals surface area contributed by atoms with E-state index in [9.17, 15) is 4.79 Å². The van der Waals surface area contributed by atoms with E-state index in [1.54, 1.807) is 32.9 Å². The Morgan fingerprint density at radius 3 is 2.48 bits per heavy atom. The first-order valence-electron chi connectivity index (χ1n) is 6.51. The molecule has 0 aliphatic rings. The van der Waals surface area contributed by atoms with Gasteiger partial charge in [0.1, 0.15) is 40.7 Å². The van der Waals surface area contributed by atoms with Crippen molar-refractivity contribution < 1.29 is 13.9 Å². The first-order chi connectivity index (χ1) is 10.8. The maximum absolute atomic E-state index is 11.7. The molecule has 23 heavy (non-hydrogen) atoms. The third-order valence-corrected chi connectivity index (χ3v) is 2.25. The number of rotatable bonds is 3. The minimum Gasteiger partial charge on any atom is -0.444 e. The van der Waals surface area contributed by atoms with Crippen molar-refractivity contribution in [2.24, 2.45) is 0 Å². The van der Waals surface area contributed by atoms with Crippen LogP contribution in [0, 0.1) is 34.0 Å². The van der Waals surface area contributed by atoms with E-state index in [1.807, 2.05) is 6.07 Å². The van der Waals surface area contributed by atoms with Crippen LogP contribution in [0.3, 0.4) is 0 Å². The summed E-state index contributed by atoms with van der Waals surface area (Å²) < 4.78 is 10.4. The van der Waals surface area contributed by atoms with Crippen LogP contribution < -0.4 is 5.32 Å². The molecule has 7 nitrogen and oxygen atoms in total. The second-order valence-electron chi connectivity index (χ2n) is 5.29. The molecule has 0 fully saturated rings. The monoisotopic (exact) mass is 310 g/mol. The number of nitrogens with one attached hydrogen (secondary N) is 1. The van der Waals surface area contributed by atoms with Crippen LogP contribution in [0.4, 0.5) is 10.7 Å². The first-order valence-corrected chi connectivity index (χ1v) is 6.51. The molecule has 0 bridgehead atoms. The fourth-order valence-corrected chi connectivity index (χ4v) is 1.40. The van der Waals surface area contributed by atoms with Crippen molar-refractivity contribution in [3.05, 3.63) is 35.1 Å². The van der Waals surface area contributed by atoms with E-state index in [0.29, 0.717) is 0 Å². The van der Waals surface area contributed by atoms with E-state index >= 15 is 0 Å². The number of nitriles is 3. The third kappa shape index (κ3) is 5.79. The summed E-state index contributed by atoms with van der Waals surface area (Å²) in [4.78, 5) is 11.7. The van der Waals surface area contributed by atoms with Gasteiger partial charge in [-0.05, 0) is 32.9 Å². The number of nitrogens with zero attached hydrogens (tertiary/aromatic N) is 3. The average Bonchev–Trinajstić information content (AvgIpc) is 2.83. The lowest BCUT2D eigenvalue weighted by Gasteiger charge is -2.19. The molecule has 0 atom stereocenters. The number of carbonyl (C=O) groups is 1. The number of amides is 1. The average molecular weight is 310 g/mol. The van der Waals surface area contributed by atoms with E-state index in [2.05, 4.69) is 5.32 Å². The van der Waals surface area contributed by atoms with Crippen molar-refractivity contribution in [3.8, 4) is 18.2 Å². The van der Waals surface area contributed by atoms with E-state index in [1.165, 1.54) is 24.3 Å². The Morgan fingerprint density at radius 1 is 1.30 bits per heavy atom. The van der Waals surface area contributed by atoms with Gasteiger partial charge in [0.05, 0.1) is 0 Å². The molecule has 1 amide bonds. The summed E-state index contributed by atoms with van der Waals surface area (Å²) in [5.41, 5.74) is -0.622. The van der Waals surface area contributed by atoms with Crippen LogP contribution in [0.25, 0.3) is 6.08 Å². The largest absolute Gasteiger partial charge is 0.444 e. The summed E-state index contributed by atoms with van der Waals surface area (Å²) in [5, 5.41) is 28.6. The number of furan rings is 1. The normalized spacial score (nSPS) is 10.3. The second kappa shape index (κ2) is 7.49. The van der Waals surface area contributed by atoms with Crippen LogP contribution in [-0.4, -0.2) is 11.7 Å². The number of anilines is 1. The molecule has 0 aliphatic carbocycles. The van der Waals surface area contributed by atoms with Gasteiger partial charge in [-0.15, -0.1) is 0 Å². The SMILES string of the molecule is CC(C)(C)OC(=O)Nc1oc(/C=C/C=C(C#N)C#N)cc1C#N. The Bertz CT molecular complexity index is 758. The van der Waals surface area contributed by atoms with Gasteiger partial charge in [-0.2, -0.15) is 15.8 Å². The fraction of sp³-hybridized carbons (Fsp3) is 0.250. The van der Waals surface area contributed by atoms with Crippen molar-refractivity contribution in [1.82, 2.24) is 0 Å². The van der Waals surface area contributed by atoms with Crippen molar-refractivity contribution in [1.29, 1.82) is 15.8 Å². The van der Waals surface area contributed by atoms with Crippen molar-refractivity contribution in [2.45, 2.75) is 26.4 Å². The third-order valence-electron chi connectivity index (χ3n) is 2.25. The zero-order valence-electron chi connectivity index (χ0n) is 12.9. The Hall–Kier alpha value is -3.50. The standard InChI is InChI=1S/C16H14N4O3/c1-16(2,3)23-15(21)20-14-12(10-19)7-13(22-14)6-4-5-11(8-17)9-18/h4-7H,1-3H3,(H,20,21)/b6-4+. The molecule has 0 spiro atoms. The van der Waals surface area contributed by atoms with Gasteiger partial charge in [-0.1, -0.05) is 6.08 Å². The summed E-state index contributed by atoms with van der Waals surface area (Å²) in [6.45, 7) is 5.13. The highest BCUT2D eigenvalue weighted by Gasteiger charge is 2.19. The summed E-state index contributed by atoms with van der Waals surface area (Å²) in [6, 6.07) is 6.71. The molecule has 7 heteroatoms. The van der Waals surface area contributed by atoms with Gasteiger partial charge >= 0.3 is 6.09 Å². The molecule has 0 saturated heterocycles. The Labute approximate surface area is 133 Å². The first kappa shape index (κ1) is 17.6. The molecule has 0 aromatic carbocycles. The molecule has 0 unspecified atom stereocenters. The highest BCUT2D eigenvalue weighted by molar-refractivity contribution is 5.85. The molecule has 1 N–H and O–H groups in total. The molecule has 1 heterocycles. The van der Waals surface area contributed by atoms with Crippen LogP contribution in [0.15, 0.2) is 28.2 Å². The predicted octanol–water partition coefficient (Wildman–Crippen LogP) is 3.49. The van der Waals surface area contributed by atoms with Gasteiger partial charge in [-0.25, -0.2) is 4.79 Å². The maximum Gasteiger partial charge on any atom is 0.414 e. The minimum atomic E-state index is -0.741. The molecule has 0 saturated carbocycles. The zero-order chi connectivity index (χ0) is 17.5. The fourth-order valence-electron chi connectivity index (χ4n) is 1.40. The van der Waals surface area contributed by atoms with E-state index in [4.69, 9.17) is 24.9 Å². The Kier molecular flexibility index (Phi) is 5.72. The van der Waals surface area contributed by atoms with Crippen LogP contribution in [0.5, 0.6) is 0 Å². The van der Waals surface area contributed by atoms with E-state index < -0.39 is 11.7 Å². The summed E-state index contributed by atoms with van der Waals surface area (Å²) in [7, 11) is 0. The zero-order valence-corrected chi connectivity index (χ0v) is 12.9. The lowest BCUT2D eigenvalue weighted by molar-refractivity contribution is 0.0632. The van der Waals surface area contributed by atoms with Crippen LogP contribution in [0.2, 0.25) is 0 Å². The number of carbonyl (C=O) groups excluding carboxylic acids is 1. The molecule has 1 aromatic heterocycles. The van der Waals surface area contributed by atoms with E-state index in [-0.39, 0.29) is 22.8 Å². The maximum atomic E-state index is 11.7. The highest BCUT2D eigenvalue weighted by Crippen LogP contribution is 2.22. The molecule has 0 radical (unpaired) electrons. The van der Waals surface area contributed by atoms with Gasteiger partial charge in [0, 0.05) is 6.07 Å². The van der Waals surface area contributed by atoms with Gasteiger partial charge in [0.2, 0.25) is 5.88 Å². The number of hydrogen-bond acceptors (Lipinski definition) is 6. The van der Waals surface area contributed by atoms with Crippen molar-refractivity contribution in [3.63, 3.8) is 0 Å². The quantitative estimate of drug-likeness (QED) is 0.673. The van der Waals surface area contributed by atoms with Gasteiger partial charge < -0.3 is 9.15 Å². The topological polar surface area (TPSA) is 123 Å². The Balaban J connectivity index is 2.91. The molecule has 0 aliphatic heterocycles. The number of ether oxygens (including phenoxy) is 1. The van der Waals surface area contributed by atoms with Crippen LogP contribution >= 0.6 is 0 Å². The van der Waals surface area contributed by atoms with Crippen molar-refractivity contribution in [2.75, 3.05) is 5.32 Å². The minimum absolute atomic E-state index is 0.0360. The molecular weight excluding hydrogens is 296 g/mol. The lowest BCUT2D eigenvalue weighted by Crippen LogP contribution is -2.27. The molecule has 116 valence electrons. The summed E-state index contributed by atoms with van der Waals surface area (Å²) >= 11 is 0. The number of allylic oxidation sites excluding steroid dienone is 3. The molecular formula is C16H14N4O3. The van der Waals surface area contributed by atoms with Crippen molar-refractivity contribution >= 4 is 18.1 Å². The second-order valence-corrected chi connectivity index (χ2v) is 5.29. The molecule has 1 rings (SSSR count). The lowest BCUT2D eigenvalue weighted by atomic mass is 10.2. The van der Waals surface area contributed by atoms with Gasteiger partial charge in [0.25, 0.3) is 0 Å². The molecule has 1 aromatic rings.